The van der Waals surface area contributed by atoms with Crippen LogP contribution in [0.2, 0.25) is 0 Å². The Bertz CT molecular complexity index is 2670. The number of ether oxygens (including phenoxy) is 4. The van der Waals surface area contributed by atoms with Crippen molar-refractivity contribution in [2.45, 2.75) is 149 Å². The van der Waals surface area contributed by atoms with Gasteiger partial charge < -0.3 is 34.5 Å². The number of benzene rings is 3. The molecule has 76 heavy (non-hydrogen) atoms. The topological polar surface area (TPSA) is 250 Å². The molecule has 3 aromatic carbocycles. The zero-order chi connectivity index (χ0) is 55.7. The Morgan fingerprint density at radius 1 is 0.842 bits per heavy atom. The lowest BCUT2D eigenvalue weighted by molar-refractivity contribution is -0.164. The first-order valence-corrected chi connectivity index (χ1v) is 26.2. The Morgan fingerprint density at radius 2 is 1.58 bits per heavy atom. The molecule has 19 heteroatoms. The van der Waals surface area contributed by atoms with Gasteiger partial charge in [-0.05, 0) is 106 Å². The van der Waals surface area contributed by atoms with Crippen LogP contribution in [0, 0.1) is 5.41 Å². The second-order valence-electron chi connectivity index (χ2n) is 19.9. The van der Waals surface area contributed by atoms with Gasteiger partial charge in [0.15, 0.2) is 18.1 Å². The SMILES string of the molecule is CCC(=O)CCC(=O)Nc1cccc([C@@H](CCc2ccc(OC)c(OC)c2)OC(=O)[C@@H]2CCCCN2C(=O)C(=O)C(C)(C)CC)c1.CCCCCNC(=O)COc1cccc2c1C(=O)N(C1(C)CCC(=O)NC1=O)C2=O. The van der Waals surface area contributed by atoms with Crippen molar-refractivity contribution >= 4 is 64.6 Å². The van der Waals surface area contributed by atoms with Gasteiger partial charge in [-0.15, -0.1) is 0 Å². The zero-order valence-corrected chi connectivity index (χ0v) is 45.1. The number of carbonyl (C=O) groups excluding carboxylic acids is 10. The highest BCUT2D eigenvalue weighted by Gasteiger charge is 2.53. The maximum atomic E-state index is 13.8. The number of anilines is 1. The molecule has 0 bridgehead atoms. The summed E-state index contributed by atoms with van der Waals surface area (Å²) in [5, 5.41) is 7.77. The molecule has 410 valence electrons. The number of nitrogens with zero attached hydrogens (tertiary/aromatic N) is 2. The zero-order valence-electron chi connectivity index (χ0n) is 45.1. The second kappa shape index (κ2) is 27.4. The summed E-state index contributed by atoms with van der Waals surface area (Å²) in [5.74, 6) is -3.48. The number of fused-ring (bicyclic) bond motifs is 1. The Labute approximate surface area is 444 Å². The average Bonchev–Trinajstić information content (AvgIpc) is 3.69. The third-order valence-corrected chi connectivity index (χ3v) is 14.1. The van der Waals surface area contributed by atoms with Crippen molar-refractivity contribution in [1.29, 1.82) is 0 Å². The van der Waals surface area contributed by atoms with Crippen LogP contribution < -0.4 is 30.2 Å². The van der Waals surface area contributed by atoms with E-state index in [0.29, 0.717) is 74.4 Å². The molecule has 3 aliphatic rings. The lowest BCUT2D eigenvalue weighted by atomic mass is 9.84. The molecule has 0 aromatic heterocycles. The smallest absolute Gasteiger partial charge is 0.329 e. The van der Waals surface area contributed by atoms with E-state index >= 15 is 0 Å². The Morgan fingerprint density at radius 3 is 2.26 bits per heavy atom. The maximum Gasteiger partial charge on any atom is 0.329 e. The van der Waals surface area contributed by atoms with Crippen LogP contribution in [0.4, 0.5) is 5.69 Å². The van der Waals surface area contributed by atoms with Crippen molar-refractivity contribution in [1.82, 2.24) is 20.4 Å². The van der Waals surface area contributed by atoms with Gasteiger partial charge in [-0.1, -0.05) is 71.7 Å². The van der Waals surface area contributed by atoms with Crippen LogP contribution in [0.3, 0.4) is 0 Å². The number of esters is 1. The van der Waals surface area contributed by atoms with Gasteiger partial charge in [0.05, 0.1) is 25.3 Å². The molecular formula is C57H73N5O14. The van der Waals surface area contributed by atoms with E-state index in [2.05, 4.69) is 22.9 Å². The van der Waals surface area contributed by atoms with Crippen LogP contribution in [0.1, 0.15) is 163 Å². The highest BCUT2D eigenvalue weighted by atomic mass is 16.5. The number of likely N-dealkylation sites (tertiary alicyclic amines) is 1. The van der Waals surface area contributed by atoms with Crippen molar-refractivity contribution in [3.63, 3.8) is 0 Å². The van der Waals surface area contributed by atoms with E-state index in [1.165, 1.54) is 24.0 Å². The molecule has 3 atom stereocenters. The molecule has 0 saturated carbocycles. The fourth-order valence-electron chi connectivity index (χ4n) is 8.94. The van der Waals surface area contributed by atoms with E-state index in [1.807, 2.05) is 31.2 Å². The highest BCUT2D eigenvalue weighted by molar-refractivity contribution is 6.38. The van der Waals surface area contributed by atoms with E-state index in [0.717, 1.165) is 36.1 Å². The van der Waals surface area contributed by atoms with Gasteiger partial charge in [-0.2, -0.15) is 0 Å². The van der Waals surface area contributed by atoms with Crippen LogP contribution >= 0.6 is 0 Å². The third-order valence-electron chi connectivity index (χ3n) is 14.1. The average molecular weight is 1050 g/mol. The number of Topliss-reactive ketones (excluding diaryl/α,β-unsaturated/α-hetero) is 2. The monoisotopic (exact) mass is 1050 g/mol. The largest absolute Gasteiger partial charge is 0.493 e. The molecule has 0 spiro atoms. The van der Waals surface area contributed by atoms with Gasteiger partial charge in [-0.3, -0.25) is 53.4 Å². The molecule has 3 heterocycles. The van der Waals surface area contributed by atoms with Gasteiger partial charge >= 0.3 is 5.97 Å². The lowest BCUT2D eigenvalue weighted by Crippen LogP contribution is -2.62. The summed E-state index contributed by atoms with van der Waals surface area (Å²) in [5.41, 5.74) is -0.0764. The highest BCUT2D eigenvalue weighted by Crippen LogP contribution is 2.38. The van der Waals surface area contributed by atoms with Crippen molar-refractivity contribution in [2.24, 2.45) is 5.41 Å². The molecule has 3 aromatic rings. The molecule has 0 radical (unpaired) electrons. The summed E-state index contributed by atoms with van der Waals surface area (Å²) in [6.45, 7) is 11.2. The van der Waals surface area contributed by atoms with Gasteiger partial charge in [-0.25, -0.2) is 4.79 Å². The van der Waals surface area contributed by atoms with E-state index in [4.69, 9.17) is 18.9 Å². The van der Waals surface area contributed by atoms with E-state index in [-0.39, 0.29) is 66.8 Å². The summed E-state index contributed by atoms with van der Waals surface area (Å²) in [6, 6.07) is 16.3. The fraction of sp³-hybridized carbons (Fsp3) is 0.509. The first-order chi connectivity index (χ1) is 36.2. The number of amides is 7. The van der Waals surface area contributed by atoms with Crippen molar-refractivity contribution in [3.8, 4) is 17.2 Å². The number of rotatable bonds is 24. The van der Waals surface area contributed by atoms with Gasteiger partial charge in [0.2, 0.25) is 17.6 Å². The van der Waals surface area contributed by atoms with Gasteiger partial charge in [0, 0.05) is 49.9 Å². The van der Waals surface area contributed by atoms with Crippen LogP contribution in [0.25, 0.3) is 0 Å². The number of hydrogen-bond donors (Lipinski definition) is 3. The minimum atomic E-state index is -1.48. The number of nitrogens with one attached hydrogen (secondary N) is 3. The van der Waals surface area contributed by atoms with Crippen LogP contribution in [-0.2, 0) is 49.5 Å². The van der Waals surface area contributed by atoms with Gasteiger partial charge in [0.1, 0.15) is 29.2 Å². The molecule has 7 amide bonds. The summed E-state index contributed by atoms with van der Waals surface area (Å²) >= 11 is 0. The molecule has 3 aliphatic heterocycles. The Balaban J connectivity index is 0.000000306. The molecule has 0 aliphatic carbocycles. The summed E-state index contributed by atoms with van der Waals surface area (Å²) in [4.78, 5) is 129. The van der Waals surface area contributed by atoms with Crippen molar-refractivity contribution in [3.05, 3.63) is 82.9 Å². The maximum absolute atomic E-state index is 13.8. The normalized spacial score (nSPS) is 17.6. The van der Waals surface area contributed by atoms with Crippen molar-refractivity contribution in [2.75, 3.05) is 39.2 Å². The first-order valence-electron chi connectivity index (χ1n) is 26.2. The number of carbonyl (C=O) groups is 10. The number of aryl methyl sites for hydroxylation is 1. The fourth-order valence-corrected chi connectivity index (χ4v) is 8.94. The quantitative estimate of drug-likeness (QED) is 0.0348. The van der Waals surface area contributed by atoms with E-state index in [1.54, 1.807) is 59.3 Å². The predicted molar refractivity (Wildman–Crippen MR) is 280 cm³/mol. The Kier molecular flexibility index (Phi) is 21.4. The van der Waals surface area contributed by atoms with E-state index in [9.17, 15) is 47.9 Å². The minimum absolute atomic E-state index is 0.0150. The molecule has 2 fully saturated rings. The molecule has 3 N–H and O–H groups in total. The molecule has 2 saturated heterocycles. The standard InChI is InChI=1S/C36H48N2O8.C21H25N3O6/c1-7-27(39)17-20-32(40)37-26-13-11-12-25(23-26)29(18-15-24-16-19-30(44-5)31(22-24)45-6)46-35(43)28-14-9-10-21-38(28)34(42)33(41)36(3,4)8-2;1-3-4-5-11-22-16(26)12-30-14-8-6-7-13-17(14)19(28)24(18(13)27)21(2)10-9-15(25)23-20(21)29/h11-13,16,19,22-23,28-29H,7-10,14-15,17-18,20-21H2,1-6H3,(H,37,40);6-8H,3-5,9-12H2,1-2H3,(H,22,26)(H,23,25,29)/t28-,29+;/m0./s1. The first kappa shape index (κ1) is 59.4. The number of imide groups is 2. The second-order valence-corrected chi connectivity index (χ2v) is 19.9. The number of hydrogen-bond acceptors (Lipinski definition) is 14. The van der Waals surface area contributed by atoms with Crippen LogP contribution in [-0.4, -0.2) is 114 Å². The number of methoxy groups -OCH3 is 2. The summed E-state index contributed by atoms with van der Waals surface area (Å²) in [6.07, 6.45) is 6.14. The number of piperidine rings is 2. The van der Waals surface area contributed by atoms with Crippen molar-refractivity contribution < 1.29 is 66.9 Å². The number of ketones is 2. The van der Waals surface area contributed by atoms with Crippen LogP contribution in [0.5, 0.6) is 17.2 Å². The van der Waals surface area contributed by atoms with Gasteiger partial charge in [0.25, 0.3) is 29.5 Å². The molecule has 6 rings (SSSR count). The minimum Gasteiger partial charge on any atom is -0.493 e. The Hall–Kier alpha value is -7.44. The van der Waals surface area contributed by atoms with Crippen LogP contribution in [0.15, 0.2) is 60.7 Å². The summed E-state index contributed by atoms with van der Waals surface area (Å²) in [7, 11) is 3.13. The molecule has 1 unspecified atom stereocenters. The summed E-state index contributed by atoms with van der Waals surface area (Å²) < 4.78 is 22.5. The third kappa shape index (κ3) is 14.9. The van der Waals surface area contributed by atoms with E-state index < -0.39 is 64.4 Å². The number of unbranched alkanes of at least 4 members (excludes halogenated alkanes) is 2. The predicted octanol–water partition coefficient (Wildman–Crippen LogP) is 7.17. The molecule has 19 nitrogen and oxygen atoms in total. The molecular weight excluding hydrogens is 979 g/mol. The lowest BCUT2D eigenvalue weighted by Gasteiger charge is -2.38.